The number of hydrogen-bond acceptors (Lipinski definition) is 8. The lowest BCUT2D eigenvalue weighted by atomic mass is 10.0. The summed E-state index contributed by atoms with van der Waals surface area (Å²) in [6.45, 7) is 3.43. The molecular formula is C51H95O9P. The number of phosphoric acid groups is 1. The molecule has 3 atom stereocenters. The van der Waals surface area contributed by atoms with Crippen molar-refractivity contribution >= 4 is 13.8 Å². The number of allylic oxidation sites excluding steroid dienone is 8. The second-order valence-electron chi connectivity index (χ2n) is 16.8. The molecule has 0 heterocycles. The summed E-state index contributed by atoms with van der Waals surface area (Å²) in [5, 5.41) is 18.4. The summed E-state index contributed by atoms with van der Waals surface area (Å²) < 4.78 is 33.5. The predicted molar refractivity (Wildman–Crippen MR) is 256 cm³/mol. The van der Waals surface area contributed by atoms with Gasteiger partial charge in [0.25, 0.3) is 0 Å². The highest BCUT2D eigenvalue weighted by molar-refractivity contribution is 7.47. The zero-order valence-corrected chi connectivity index (χ0v) is 40.3. The number of hydrogen-bond donors (Lipinski definition) is 3. The van der Waals surface area contributed by atoms with Gasteiger partial charge in [0.2, 0.25) is 0 Å². The Labute approximate surface area is 375 Å². The van der Waals surface area contributed by atoms with Gasteiger partial charge in [0, 0.05) is 13.0 Å². The molecule has 0 aliphatic carbocycles. The maximum Gasteiger partial charge on any atom is 0.472 e. The summed E-state index contributed by atoms with van der Waals surface area (Å²) >= 11 is 0. The summed E-state index contributed by atoms with van der Waals surface area (Å²) in [6, 6.07) is 0. The Hall–Kier alpha value is -1.58. The Bertz CT molecular complexity index is 1090. The van der Waals surface area contributed by atoms with Crippen LogP contribution in [0, 0.1) is 0 Å². The van der Waals surface area contributed by atoms with Crippen LogP contribution in [0.2, 0.25) is 0 Å². The molecule has 3 N–H and O–H groups in total. The first-order valence-electron chi connectivity index (χ1n) is 25.1. The van der Waals surface area contributed by atoms with Crippen molar-refractivity contribution in [3.8, 4) is 0 Å². The summed E-state index contributed by atoms with van der Waals surface area (Å²) in [7, 11) is -4.52. The highest BCUT2D eigenvalue weighted by Gasteiger charge is 2.26. The van der Waals surface area contributed by atoms with Crippen LogP contribution < -0.4 is 0 Å². The molecule has 0 radical (unpaired) electrons. The Morgan fingerprint density at radius 1 is 0.525 bits per heavy atom. The molecule has 3 unspecified atom stereocenters. The zero-order valence-electron chi connectivity index (χ0n) is 39.4. The Balaban J connectivity index is 4.05. The third-order valence-electron chi connectivity index (χ3n) is 10.8. The maximum absolute atomic E-state index is 12.7. The first-order chi connectivity index (χ1) is 29.8. The molecule has 10 heteroatoms. The molecule has 358 valence electrons. The van der Waals surface area contributed by atoms with E-state index in [2.05, 4.69) is 62.5 Å². The van der Waals surface area contributed by atoms with Crippen molar-refractivity contribution in [2.24, 2.45) is 0 Å². The molecule has 9 nitrogen and oxygen atoms in total. The summed E-state index contributed by atoms with van der Waals surface area (Å²) in [6.07, 6.45) is 55.0. The van der Waals surface area contributed by atoms with Crippen molar-refractivity contribution in [1.29, 1.82) is 0 Å². The van der Waals surface area contributed by atoms with Crippen molar-refractivity contribution in [2.75, 3.05) is 33.0 Å². The van der Waals surface area contributed by atoms with Crippen molar-refractivity contribution in [3.05, 3.63) is 48.6 Å². The predicted octanol–water partition coefficient (Wildman–Crippen LogP) is 14.5. The molecule has 0 spiro atoms. The SMILES string of the molecule is CC/C=C\C/C=C\C/C=C\C/C=C\CCCCCCCCCCCCCOCC(COP(=O)(O)OCC(O)CO)OC(=O)CCCCCCCCCCCCCCCCCC. The van der Waals surface area contributed by atoms with Crippen LogP contribution >= 0.6 is 7.82 Å². The molecule has 0 fully saturated rings. The van der Waals surface area contributed by atoms with Crippen LogP contribution in [0.3, 0.4) is 0 Å². The van der Waals surface area contributed by atoms with E-state index in [1.807, 2.05) is 0 Å². The van der Waals surface area contributed by atoms with E-state index in [-0.39, 0.29) is 25.6 Å². The van der Waals surface area contributed by atoms with Crippen LogP contribution in [-0.4, -0.2) is 66.3 Å². The molecule has 0 aromatic heterocycles. The quantitative estimate of drug-likeness (QED) is 0.0236. The number of rotatable bonds is 48. The fourth-order valence-corrected chi connectivity index (χ4v) is 7.79. The average molecular weight is 883 g/mol. The van der Waals surface area contributed by atoms with Gasteiger partial charge in [0.05, 0.1) is 26.4 Å². The highest BCUT2D eigenvalue weighted by Crippen LogP contribution is 2.43. The van der Waals surface area contributed by atoms with Gasteiger partial charge in [0.15, 0.2) is 0 Å². The number of unbranched alkanes of at least 4 members (excludes halogenated alkanes) is 26. The normalized spacial score (nSPS) is 14.2. The third kappa shape index (κ3) is 47.7. The van der Waals surface area contributed by atoms with Crippen LogP contribution in [-0.2, 0) is 27.9 Å². The van der Waals surface area contributed by atoms with E-state index in [1.165, 1.54) is 141 Å². The van der Waals surface area contributed by atoms with Crippen LogP contribution in [0.25, 0.3) is 0 Å². The van der Waals surface area contributed by atoms with E-state index < -0.39 is 33.2 Å². The molecule has 0 aromatic carbocycles. The van der Waals surface area contributed by atoms with Crippen molar-refractivity contribution in [1.82, 2.24) is 0 Å². The topological polar surface area (TPSA) is 132 Å². The largest absolute Gasteiger partial charge is 0.472 e. The van der Waals surface area contributed by atoms with E-state index in [0.29, 0.717) is 6.61 Å². The van der Waals surface area contributed by atoms with Crippen molar-refractivity contribution < 1.29 is 43.0 Å². The van der Waals surface area contributed by atoms with Crippen LogP contribution in [0.4, 0.5) is 0 Å². The number of esters is 1. The minimum atomic E-state index is -4.52. The van der Waals surface area contributed by atoms with Gasteiger partial charge in [-0.15, -0.1) is 0 Å². The van der Waals surface area contributed by atoms with Crippen molar-refractivity contribution in [2.45, 2.75) is 238 Å². The highest BCUT2D eigenvalue weighted by atomic mass is 31.2. The Morgan fingerprint density at radius 3 is 1.41 bits per heavy atom. The molecule has 0 saturated heterocycles. The van der Waals surface area contributed by atoms with Gasteiger partial charge in [0.1, 0.15) is 12.2 Å². The molecule has 0 saturated carbocycles. The number of ether oxygens (including phenoxy) is 2. The van der Waals surface area contributed by atoms with Gasteiger partial charge in [-0.05, 0) is 51.4 Å². The lowest BCUT2D eigenvalue weighted by molar-refractivity contribution is -0.154. The molecule has 0 amide bonds. The number of phosphoric ester groups is 1. The number of carbonyl (C=O) groups excluding carboxylic acids is 1. The molecule has 0 rings (SSSR count). The van der Waals surface area contributed by atoms with E-state index in [4.69, 9.17) is 23.6 Å². The van der Waals surface area contributed by atoms with Gasteiger partial charge < -0.3 is 24.6 Å². The first-order valence-corrected chi connectivity index (χ1v) is 26.6. The lowest BCUT2D eigenvalue weighted by Gasteiger charge is -2.20. The van der Waals surface area contributed by atoms with Gasteiger partial charge in [-0.2, -0.15) is 0 Å². The first kappa shape index (κ1) is 59.4. The van der Waals surface area contributed by atoms with E-state index >= 15 is 0 Å². The number of aliphatic hydroxyl groups excluding tert-OH is 2. The second-order valence-corrected chi connectivity index (χ2v) is 18.3. The van der Waals surface area contributed by atoms with Gasteiger partial charge >= 0.3 is 13.8 Å². The van der Waals surface area contributed by atoms with Gasteiger partial charge in [-0.3, -0.25) is 13.8 Å². The lowest BCUT2D eigenvalue weighted by Crippen LogP contribution is -2.29. The van der Waals surface area contributed by atoms with Crippen LogP contribution in [0.15, 0.2) is 48.6 Å². The fraction of sp³-hybridized carbons (Fsp3) is 0.824. The molecular weight excluding hydrogens is 788 g/mol. The fourth-order valence-electron chi connectivity index (χ4n) is 7.00. The zero-order chi connectivity index (χ0) is 44.6. The number of carbonyl (C=O) groups is 1. The molecule has 0 aliphatic heterocycles. The average Bonchev–Trinajstić information content (AvgIpc) is 3.25. The van der Waals surface area contributed by atoms with E-state index in [9.17, 15) is 19.4 Å². The minimum Gasteiger partial charge on any atom is -0.457 e. The Kier molecular flexibility index (Phi) is 46.6. The molecule has 0 bridgehead atoms. The smallest absolute Gasteiger partial charge is 0.457 e. The maximum atomic E-state index is 12.7. The minimum absolute atomic E-state index is 0.0490. The van der Waals surface area contributed by atoms with Gasteiger partial charge in [-0.25, -0.2) is 4.57 Å². The Morgan fingerprint density at radius 2 is 0.934 bits per heavy atom. The van der Waals surface area contributed by atoms with E-state index in [0.717, 1.165) is 64.2 Å². The standard InChI is InChI=1S/C51H95O9P/c1-3-5-7-9-11-13-15-17-19-21-22-23-24-25-26-27-28-30-32-34-36-38-40-42-44-57-47-50(48-59-61(55,56)58-46-49(53)45-52)60-51(54)43-41-39-37-35-33-31-29-20-18-16-14-12-10-8-6-4-2/h5,7,11,13,17,19,22-23,49-50,52-53H,3-4,6,8-10,12,14-16,18,20-21,24-48H2,1-2H3,(H,55,56)/b7-5-,13-11-,19-17-,23-22-. The second kappa shape index (κ2) is 47.9. The number of aliphatic hydroxyl groups is 2. The van der Waals surface area contributed by atoms with Crippen LogP contribution in [0.1, 0.15) is 226 Å². The summed E-state index contributed by atoms with van der Waals surface area (Å²) in [4.78, 5) is 22.7. The monoisotopic (exact) mass is 883 g/mol. The summed E-state index contributed by atoms with van der Waals surface area (Å²) in [5.41, 5.74) is 0. The molecule has 0 aliphatic rings. The summed E-state index contributed by atoms with van der Waals surface area (Å²) in [5.74, 6) is -0.381. The molecule has 0 aromatic rings. The van der Waals surface area contributed by atoms with E-state index in [1.54, 1.807) is 0 Å². The third-order valence-corrected chi connectivity index (χ3v) is 11.7. The molecule has 61 heavy (non-hydrogen) atoms. The van der Waals surface area contributed by atoms with Crippen molar-refractivity contribution in [3.63, 3.8) is 0 Å². The van der Waals surface area contributed by atoms with Gasteiger partial charge in [-0.1, -0.05) is 217 Å². The van der Waals surface area contributed by atoms with Crippen LogP contribution in [0.5, 0.6) is 0 Å².